The highest BCUT2D eigenvalue weighted by atomic mass is 31.2. The van der Waals surface area contributed by atoms with Gasteiger partial charge in [0.15, 0.2) is 6.10 Å². The van der Waals surface area contributed by atoms with Crippen LogP contribution in [0.1, 0.15) is 174 Å². The average Bonchev–Trinajstić information content (AvgIpc) is 3.00. The molecule has 0 aromatic heterocycles. The summed E-state index contributed by atoms with van der Waals surface area (Å²) in [5.74, 6) is -0.920. The van der Waals surface area contributed by atoms with Gasteiger partial charge in [-0.05, 0) is 64.2 Å². The molecule has 8 nitrogen and oxygen atoms in total. The van der Waals surface area contributed by atoms with Crippen LogP contribution in [0.5, 0.6) is 0 Å². The fourth-order valence-corrected chi connectivity index (χ4v) is 5.31. The molecule has 0 rings (SSSR count). The molecule has 0 aliphatic heterocycles. The fraction of sp³-hybridized carbons (Fsp3) is 0.833. The molecule has 9 heteroatoms. The lowest BCUT2D eigenvalue weighted by Crippen LogP contribution is -2.29. The number of phosphoric acid groups is 1. The molecule has 0 bridgehead atoms. The lowest BCUT2D eigenvalue weighted by Gasteiger charge is -2.18. The number of esters is 2. The van der Waals surface area contributed by atoms with Crippen LogP contribution in [0.15, 0.2) is 24.3 Å². The molecule has 0 spiro atoms. The highest BCUT2D eigenvalue weighted by Crippen LogP contribution is 2.36. The maximum atomic E-state index is 12.3. The van der Waals surface area contributed by atoms with Crippen molar-refractivity contribution in [1.29, 1.82) is 0 Å². The van der Waals surface area contributed by atoms with Crippen molar-refractivity contribution in [1.82, 2.24) is 0 Å². The van der Waals surface area contributed by atoms with E-state index in [4.69, 9.17) is 19.3 Å². The molecule has 1 atom stereocenters. The van der Waals surface area contributed by atoms with Crippen molar-refractivity contribution < 1.29 is 37.9 Å². The van der Waals surface area contributed by atoms with Crippen LogP contribution in [0, 0.1) is 0 Å². The molecule has 0 amide bonds. The topological polar surface area (TPSA) is 119 Å². The van der Waals surface area contributed by atoms with Gasteiger partial charge in [0.05, 0.1) is 6.61 Å². The van der Waals surface area contributed by atoms with E-state index in [1.165, 1.54) is 77.0 Å². The van der Waals surface area contributed by atoms with Crippen LogP contribution in [-0.2, 0) is 28.2 Å². The van der Waals surface area contributed by atoms with Crippen LogP contribution in [0.3, 0.4) is 0 Å². The molecule has 0 saturated carbocycles. The van der Waals surface area contributed by atoms with Crippen molar-refractivity contribution in [2.24, 2.45) is 0 Å². The van der Waals surface area contributed by atoms with Crippen molar-refractivity contribution in [2.45, 2.75) is 180 Å². The number of unbranched alkanes of at least 4 members (excludes halogenated alkanes) is 19. The average molecular weight is 659 g/mol. The van der Waals surface area contributed by atoms with Gasteiger partial charge < -0.3 is 19.3 Å². The van der Waals surface area contributed by atoms with Crippen LogP contribution in [-0.4, -0.2) is 41.0 Å². The van der Waals surface area contributed by atoms with E-state index in [-0.39, 0.29) is 19.4 Å². The van der Waals surface area contributed by atoms with E-state index in [1.807, 2.05) is 0 Å². The Balaban J connectivity index is 4.01. The minimum Gasteiger partial charge on any atom is -0.462 e. The van der Waals surface area contributed by atoms with Crippen LogP contribution in [0.25, 0.3) is 0 Å². The molecule has 264 valence electrons. The first kappa shape index (κ1) is 43.5. The van der Waals surface area contributed by atoms with Gasteiger partial charge in [-0.2, -0.15) is 0 Å². The molecule has 45 heavy (non-hydrogen) atoms. The van der Waals surface area contributed by atoms with E-state index < -0.39 is 32.5 Å². The highest BCUT2D eigenvalue weighted by molar-refractivity contribution is 7.46. The summed E-state index contributed by atoms with van der Waals surface area (Å²) in [6, 6.07) is 0. The van der Waals surface area contributed by atoms with Gasteiger partial charge in [-0.1, -0.05) is 122 Å². The molecule has 0 aliphatic carbocycles. The summed E-state index contributed by atoms with van der Waals surface area (Å²) in [4.78, 5) is 42.6. The smallest absolute Gasteiger partial charge is 0.462 e. The number of carbonyl (C=O) groups excluding carboxylic acids is 2. The standard InChI is InChI=1S/C36H67O8P/c1-3-5-7-9-11-13-15-17-18-19-21-22-24-26-28-30-35(37)42-32-34(33-43-45(39,40)41)44-36(38)31-29-27-25-23-20-16-14-12-10-8-6-4-2/h12,14,21-22,34H,3-11,13,15-20,23-33H2,1-2H3,(H2,39,40,41)/b14-12+,22-21+/t34-/m1/s1. The molecule has 0 aromatic rings. The van der Waals surface area contributed by atoms with E-state index in [9.17, 15) is 14.2 Å². The Morgan fingerprint density at radius 3 is 1.44 bits per heavy atom. The maximum absolute atomic E-state index is 12.3. The van der Waals surface area contributed by atoms with Gasteiger partial charge in [-0.15, -0.1) is 0 Å². The first-order valence-corrected chi connectivity index (χ1v) is 19.7. The Kier molecular flexibility index (Phi) is 31.4. The minimum atomic E-state index is -4.75. The number of carbonyl (C=O) groups is 2. The monoisotopic (exact) mass is 658 g/mol. The Bertz CT molecular complexity index is 792. The predicted octanol–water partition coefficient (Wildman–Crippen LogP) is 10.5. The zero-order valence-electron chi connectivity index (χ0n) is 28.8. The summed E-state index contributed by atoms with van der Waals surface area (Å²) in [6.45, 7) is 3.62. The molecule has 0 heterocycles. The quantitative estimate of drug-likeness (QED) is 0.0309. The third-order valence-electron chi connectivity index (χ3n) is 7.69. The number of hydrogen-bond donors (Lipinski definition) is 2. The lowest BCUT2D eigenvalue weighted by atomic mass is 10.1. The SMILES string of the molecule is CCCCC/C=C/CCCCCCCC(=O)O[C@H](COC(=O)CCCC/C=C/CCCCCCCCCCC)COP(=O)(O)O. The number of phosphoric ester groups is 1. The van der Waals surface area contributed by atoms with E-state index >= 15 is 0 Å². The van der Waals surface area contributed by atoms with Gasteiger partial charge in [0, 0.05) is 12.8 Å². The van der Waals surface area contributed by atoms with Gasteiger partial charge in [0.2, 0.25) is 0 Å². The lowest BCUT2D eigenvalue weighted by molar-refractivity contribution is -0.161. The van der Waals surface area contributed by atoms with Crippen molar-refractivity contribution in [3.63, 3.8) is 0 Å². The van der Waals surface area contributed by atoms with Crippen LogP contribution >= 0.6 is 7.82 Å². The Morgan fingerprint density at radius 2 is 0.933 bits per heavy atom. The van der Waals surface area contributed by atoms with Gasteiger partial charge in [0.1, 0.15) is 6.61 Å². The molecule has 2 N–H and O–H groups in total. The molecule has 0 saturated heterocycles. The second-order valence-electron chi connectivity index (χ2n) is 12.2. The minimum absolute atomic E-state index is 0.199. The molecular formula is C36H67O8P. The summed E-state index contributed by atoms with van der Waals surface area (Å²) in [7, 11) is -4.75. The second-order valence-corrected chi connectivity index (χ2v) is 13.4. The Hall–Kier alpha value is -1.47. The van der Waals surface area contributed by atoms with Gasteiger partial charge in [-0.3, -0.25) is 14.1 Å². The molecule has 0 aromatic carbocycles. The first-order chi connectivity index (χ1) is 21.8. The largest absolute Gasteiger partial charge is 0.469 e. The third-order valence-corrected chi connectivity index (χ3v) is 8.18. The molecule has 0 unspecified atom stereocenters. The van der Waals surface area contributed by atoms with Gasteiger partial charge >= 0.3 is 19.8 Å². The second kappa shape index (κ2) is 32.5. The molecule has 0 radical (unpaired) electrons. The normalized spacial score (nSPS) is 12.7. The van der Waals surface area contributed by atoms with E-state index in [0.29, 0.717) is 12.8 Å². The molecule has 0 fully saturated rings. The first-order valence-electron chi connectivity index (χ1n) is 18.1. The predicted molar refractivity (Wildman–Crippen MR) is 184 cm³/mol. The molecule has 0 aliphatic rings. The summed E-state index contributed by atoms with van der Waals surface area (Å²) < 4.78 is 26.2. The van der Waals surface area contributed by atoms with E-state index in [0.717, 1.165) is 57.8 Å². The number of rotatable bonds is 33. The fourth-order valence-electron chi connectivity index (χ4n) is 4.95. The zero-order valence-corrected chi connectivity index (χ0v) is 29.7. The highest BCUT2D eigenvalue weighted by Gasteiger charge is 2.22. The van der Waals surface area contributed by atoms with Crippen molar-refractivity contribution in [3.05, 3.63) is 24.3 Å². The molecular weight excluding hydrogens is 591 g/mol. The number of ether oxygens (including phenoxy) is 2. The van der Waals surface area contributed by atoms with E-state index in [1.54, 1.807) is 0 Å². The summed E-state index contributed by atoms with van der Waals surface area (Å²) in [6.07, 6.45) is 34.7. The Morgan fingerprint density at radius 1 is 0.556 bits per heavy atom. The zero-order chi connectivity index (χ0) is 33.3. The van der Waals surface area contributed by atoms with E-state index in [2.05, 4.69) is 42.7 Å². The van der Waals surface area contributed by atoms with Crippen LogP contribution in [0.2, 0.25) is 0 Å². The summed E-state index contributed by atoms with van der Waals surface area (Å²) >= 11 is 0. The Labute approximate surface area is 275 Å². The summed E-state index contributed by atoms with van der Waals surface area (Å²) in [5, 5.41) is 0. The van der Waals surface area contributed by atoms with Crippen LogP contribution < -0.4 is 0 Å². The number of allylic oxidation sites excluding steroid dienone is 4. The summed E-state index contributed by atoms with van der Waals surface area (Å²) in [5.41, 5.74) is 0. The third kappa shape index (κ3) is 35.2. The van der Waals surface area contributed by atoms with Crippen LogP contribution in [0.4, 0.5) is 0 Å². The van der Waals surface area contributed by atoms with Gasteiger partial charge in [0.25, 0.3) is 0 Å². The number of hydrogen-bond acceptors (Lipinski definition) is 6. The van der Waals surface area contributed by atoms with Crippen molar-refractivity contribution in [2.75, 3.05) is 13.2 Å². The van der Waals surface area contributed by atoms with Crippen molar-refractivity contribution in [3.8, 4) is 0 Å². The maximum Gasteiger partial charge on any atom is 0.469 e. The van der Waals surface area contributed by atoms with Gasteiger partial charge in [-0.25, -0.2) is 4.57 Å². The van der Waals surface area contributed by atoms with Crippen molar-refractivity contribution >= 4 is 19.8 Å².